The highest BCUT2D eigenvalue weighted by molar-refractivity contribution is 6.40. The zero-order valence-corrected chi connectivity index (χ0v) is 14.8. The number of halogens is 3. The van der Waals surface area contributed by atoms with Crippen LogP contribution in [0.4, 0.5) is 0 Å². The summed E-state index contributed by atoms with van der Waals surface area (Å²) in [4.78, 5) is 12.0. The Bertz CT molecular complexity index is 528. The second-order valence-electron chi connectivity index (χ2n) is 5.31. The van der Waals surface area contributed by atoms with E-state index >= 15 is 0 Å². The van der Waals surface area contributed by atoms with Gasteiger partial charge in [0.1, 0.15) is 6.61 Å². The maximum absolute atomic E-state index is 12.0. The van der Waals surface area contributed by atoms with Crippen molar-refractivity contribution in [2.75, 3.05) is 26.4 Å². The molecule has 23 heavy (non-hydrogen) atoms. The zero-order valence-electron chi connectivity index (χ0n) is 12.5. The van der Waals surface area contributed by atoms with E-state index < -0.39 is 6.04 Å². The van der Waals surface area contributed by atoms with Gasteiger partial charge in [0.25, 0.3) is 0 Å². The minimum absolute atomic E-state index is 0.157. The topological polar surface area (TPSA) is 73.6 Å². The summed E-state index contributed by atoms with van der Waals surface area (Å²) >= 11 is 17.9. The molecule has 0 aromatic heterocycles. The lowest BCUT2D eigenvalue weighted by Crippen LogP contribution is -2.47. The van der Waals surface area contributed by atoms with E-state index in [1.807, 2.05) is 0 Å². The van der Waals surface area contributed by atoms with Crippen molar-refractivity contribution in [3.63, 3.8) is 0 Å². The van der Waals surface area contributed by atoms with Gasteiger partial charge in [-0.3, -0.25) is 4.79 Å². The predicted molar refractivity (Wildman–Crippen MR) is 91.5 cm³/mol. The first-order chi connectivity index (χ1) is 11.0. The van der Waals surface area contributed by atoms with Gasteiger partial charge < -0.3 is 20.5 Å². The second kappa shape index (κ2) is 8.94. The molecule has 1 fully saturated rings. The molecule has 5 nitrogen and oxygen atoms in total. The summed E-state index contributed by atoms with van der Waals surface area (Å²) in [6.45, 7) is 1.85. The summed E-state index contributed by atoms with van der Waals surface area (Å²) in [6, 6.07) is 2.56. The minimum atomic E-state index is -0.526. The van der Waals surface area contributed by atoms with Crippen LogP contribution in [-0.2, 0) is 9.53 Å². The molecule has 8 heteroatoms. The molecule has 128 valence electrons. The molecule has 0 bridgehead atoms. The summed E-state index contributed by atoms with van der Waals surface area (Å²) in [5.74, 6) is 0.319. The Morgan fingerprint density at radius 1 is 1.30 bits per heavy atom. The normalized spacial score (nSPS) is 16.9. The first-order valence-electron chi connectivity index (χ1n) is 7.37. The van der Waals surface area contributed by atoms with E-state index in [1.54, 1.807) is 12.1 Å². The molecule has 0 aliphatic carbocycles. The van der Waals surface area contributed by atoms with Gasteiger partial charge in [-0.05, 0) is 30.9 Å². The van der Waals surface area contributed by atoms with Crippen LogP contribution >= 0.6 is 34.8 Å². The number of benzene rings is 1. The predicted octanol–water partition coefficient (Wildman–Crippen LogP) is 2.90. The average molecular weight is 382 g/mol. The number of nitrogens with two attached hydrogens (primary N) is 1. The molecule has 1 aliphatic rings. The van der Waals surface area contributed by atoms with Crippen molar-refractivity contribution < 1.29 is 14.3 Å². The summed E-state index contributed by atoms with van der Waals surface area (Å²) in [7, 11) is 0. The van der Waals surface area contributed by atoms with E-state index in [9.17, 15) is 4.79 Å². The molecule has 1 heterocycles. The van der Waals surface area contributed by atoms with Crippen molar-refractivity contribution >= 4 is 40.7 Å². The molecule has 1 atom stereocenters. The minimum Gasteiger partial charge on any atom is -0.489 e. The van der Waals surface area contributed by atoms with Gasteiger partial charge in [-0.2, -0.15) is 0 Å². The number of ether oxygens (including phenoxy) is 2. The van der Waals surface area contributed by atoms with Crippen LogP contribution < -0.4 is 15.8 Å². The molecule has 1 saturated heterocycles. The monoisotopic (exact) mass is 380 g/mol. The quantitative estimate of drug-likeness (QED) is 0.743. The third kappa shape index (κ3) is 5.40. The summed E-state index contributed by atoms with van der Waals surface area (Å²) in [5.41, 5.74) is 5.98. The highest BCUT2D eigenvalue weighted by Crippen LogP contribution is 2.35. The zero-order chi connectivity index (χ0) is 16.8. The molecule has 1 aromatic rings. The number of hydrogen-bond donors (Lipinski definition) is 2. The van der Waals surface area contributed by atoms with Crippen molar-refractivity contribution in [1.82, 2.24) is 5.32 Å². The van der Waals surface area contributed by atoms with Gasteiger partial charge in [-0.25, -0.2) is 0 Å². The number of amides is 1. The number of rotatable bonds is 6. The highest BCUT2D eigenvalue weighted by Gasteiger charge is 2.26. The summed E-state index contributed by atoms with van der Waals surface area (Å²) in [5, 5.41) is 3.84. The molecule has 0 saturated carbocycles. The van der Waals surface area contributed by atoms with Gasteiger partial charge in [0.05, 0.1) is 22.6 Å². The van der Waals surface area contributed by atoms with Crippen molar-refractivity contribution in [3.05, 3.63) is 27.2 Å². The lowest BCUT2D eigenvalue weighted by Gasteiger charge is -2.26. The van der Waals surface area contributed by atoms with Gasteiger partial charge >= 0.3 is 0 Å². The molecule has 1 unspecified atom stereocenters. The third-order valence-corrected chi connectivity index (χ3v) is 4.47. The van der Waals surface area contributed by atoms with E-state index in [0.29, 0.717) is 40.6 Å². The molecule has 1 amide bonds. The van der Waals surface area contributed by atoms with Crippen LogP contribution in [0.5, 0.6) is 5.75 Å². The first-order valence-corrected chi connectivity index (χ1v) is 8.51. The Morgan fingerprint density at radius 2 is 1.91 bits per heavy atom. The molecule has 3 N–H and O–H groups in total. The van der Waals surface area contributed by atoms with Crippen LogP contribution in [-0.4, -0.2) is 38.3 Å². The SMILES string of the molecule is NC(C(=O)NCCOc1c(Cl)cc(Cl)cc1Cl)C1CCOCC1. The molecule has 1 aromatic carbocycles. The van der Waals surface area contributed by atoms with Gasteiger partial charge in [0.15, 0.2) is 5.75 Å². The van der Waals surface area contributed by atoms with Crippen LogP contribution in [0.2, 0.25) is 15.1 Å². The van der Waals surface area contributed by atoms with Crippen LogP contribution in [0.1, 0.15) is 12.8 Å². The molecular formula is C15H19Cl3N2O3. The fourth-order valence-corrected chi connectivity index (χ4v) is 3.33. The second-order valence-corrected chi connectivity index (χ2v) is 6.56. The lowest BCUT2D eigenvalue weighted by molar-refractivity contribution is -0.124. The van der Waals surface area contributed by atoms with Gasteiger partial charge in [-0.1, -0.05) is 34.8 Å². The number of carbonyl (C=O) groups is 1. The number of carbonyl (C=O) groups excluding carboxylic acids is 1. The van der Waals surface area contributed by atoms with Crippen molar-refractivity contribution in [2.45, 2.75) is 18.9 Å². The van der Waals surface area contributed by atoms with Crippen LogP contribution in [0.15, 0.2) is 12.1 Å². The van der Waals surface area contributed by atoms with Gasteiger partial charge in [0, 0.05) is 18.2 Å². The third-order valence-electron chi connectivity index (χ3n) is 3.69. The molecular weight excluding hydrogens is 363 g/mol. The van der Waals surface area contributed by atoms with E-state index in [1.165, 1.54) is 0 Å². The first kappa shape index (κ1) is 18.6. The summed E-state index contributed by atoms with van der Waals surface area (Å²) < 4.78 is 10.8. The molecule has 1 aliphatic heterocycles. The van der Waals surface area contributed by atoms with E-state index in [0.717, 1.165) is 12.8 Å². The van der Waals surface area contributed by atoms with Crippen LogP contribution in [0.3, 0.4) is 0 Å². The Kier molecular flexibility index (Phi) is 7.24. The Morgan fingerprint density at radius 3 is 2.52 bits per heavy atom. The van der Waals surface area contributed by atoms with E-state index in [-0.39, 0.29) is 18.4 Å². The smallest absolute Gasteiger partial charge is 0.237 e. The van der Waals surface area contributed by atoms with Crippen molar-refractivity contribution in [3.8, 4) is 5.75 Å². The molecule has 2 rings (SSSR count). The van der Waals surface area contributed by atoms with E-state index in [2.05, 4.69) is 5.32 Å². The van der Waals surface area contributed by atoms with Gasteiger partial charge in [0.2, 0.25) is 5.91 Å². The Labute approximate surface area is 150 Å². The Hall–Kier alpha value is -0.720. The fourth-order valence-electron chi connectivity index (χ4n) is 2.40. The molecule has 0 radical (unpaired) electrons. The summed E-state index contributed by atoms with van der Waals surface area (Å²) in [6.07, 6.45) is 1.61. The van der Waals surface area contributed by atoms with Crippen LogP contribution in [0.25, 0.3) is 0 Å². The average Bonchev–Trinajstić information content (AvgIpc) is 2.53. The van der Waals surface area contributed by atoms with E-state index in [4.69, 9.17) is 50.0 Å². The number of hydrogen-bond acceptors (Lipinski definition) is 4. The van der Waals surface area contributed by atoms with Crippen molar-refractivity contribution in [1.29, 1.82) is 0 Å². The lowest BCUT2D eigenvalue weighted by atomic mass is 9.92. The van der Waals surface area contributed by atoms with Crippen LogP contribution in [0, 0.1) is 5.92 Å². The largest absolute Gasteiger partial charge is 0.489 e. The molecule has 0 spiro atoms. The maximum atomic E-state index is 12.0. The van der Waals surface area contributed by atoms with Crippen molar-refractivity contribution in [2.24, 2.45) is 11.7 Å². The van der Waals surface area contributed by atoms with Gasteiger partial charge in [-0.15, -0.1) is 0 Å². The number of nitrogens with one attached hydrogen (secondary N) is 1. The maximum Gasteiger partial charge on any atom is 0.237 e. The fraction of sp³-hybridized carbons (Fsp3) is 0.533. The standard InChI is InChI=1S/C15H19Cl3N2O3/c16-10-7-11(17)14(12(18)8-10)23-6-3-20-15(21)13(19)9-1-4-22-5-2-9/h7-9,13H,1-6,19H2,(H,20,21). The Balaban J connectivity index is 1.75. The highest BCUT2D eigenvalue weighted by atomic mass is 35.5.